The van der Waals surface area contributed by atoms with Gasteiger partial charge in [-0.2, -0.15) is 4.31 Å². The standard InChI is InChI=1S/C36H37F6N3O6S/c1-35(2,3)25-13-19(14-26(43-25)36(4,5)6)16-45(21-11-12-22(34(48)49)24(46)15-21)27(47)18-44(17-20-9-7-8-10-23(20)37)52(50,51)33-31(41)29(39)28(38)30(40)32(33)42/h7-15,34,46,48-49H,16-18H2,1-6H3. The molecule has 1 aromatic heterocycles. The average Bonchev–Trinajstić information content (AvgIpc) is 3.04. The summed E-state index contributed by atoms with van der Waals surface area (Å²) in [5, 5.41) is 29.9. The van der Waals surface area contributed by atoms with Gasteiger partial charge < -0.3 is 20.2 Å². The number of phenols is 1. The summed E-state index contributed by atoms with van der Waals surface area (Å²) in [6.07, 6.45) is -2.12. The number of hydrogen-bond acceptors (Lipinski definition) is 7. The molecule has 280 valence electrons. The van der Waals surface area contributed by atoms with Crippen LogP contribution in [0.1, 0.15) is 75.9 Å². The third kappa shape index (κ3) is 8.41. The summed E-state index contributed by atoms with van der Waals surface area (Å²) in [4.78, 5) is 17.8. The highest BCUT2D eigenvalue weighted by atomic mass is 32.2. The van der Waals surface area contributed by atoms with Crippen LogP contribution < -0.4 is 4.90 Å². The van der Waals surface area contributed by atoms with Gasteiger partial charge >= 0.3 is 0 Å². The van der Waals surface area contributed by atoms with Crippen LogP contribution in [0.4, 0.5) is 32.0 Å². The number of hydrogen-bond donors (Lipinski definition) is 3. The van der Waals surface area contributed by atoms with Crippen LogP contribution in [0, 0.1) is 34.9 Å². The molecule has 0 saturated carbocycles. The predicted octanol–water partition coefficient (Wildman–Crippen LogP) is 6.62. The highest BCUT2D eigenvalue weighted by Gasteiger charge is 2.39. The van der Waals surface area contributed by atoms with Gasteiger partial charge in [-0.3, -0.25) is 9.78 Å². The lowest BCUT2D eigenvalue weighted by atomic mass is 9.86. The van der Waals surface area contributed by atoms with Crippen molar-refractivity contribution in [3.05, 3.63) is 118 Å². The maximum absolute atomic E-state index is 15.0. The number of benzene rings is 3. The Labute approximate surface area is 296 Å². The fourth-order valence-electron chi connectivity index (χ4n) is 5.09. The topological polar surface area (TPSA) is 131 Å². The molecule has 9 nitrogen and oxygen atoms in total. The summed E-state index contributed by atoms with van der Waals surface area (Å²) in [5.41, 5.74) is -0.212. The zero-order valence-electron chi connectivity index (χ0n) is 29.0. The van der Waals surface area contributed by atoms with E-state index in [9.17, 15) is 54.9 Å². The molecule has 3 N–H and O–H groups in total. The Morgan fingerprint density at radius 2 is 1.29 bits per heavy atom. The van der Waals surface area contributed by atoms with Gasteiger partial charge in [0.25, 0.3) is 0 Å². The molecule has 4 rings (SSSR count). The van der Waals surface area contributed by atoms with Crippen LogP contribution in [0.3, 0.4) is 0 Å². The molecule has 0 spiro atoms. The number of anilines is 1. The molecule has 1 heterocycles. The third-order valence-corrected chi connectivity index (χ3v) is 9.86. The summed E-state index contributed by atoms with van der Waals surface area (Å²) < 4.78 is 115. The second kappa shape index (κ2) is 14.8. The molecule has 3 aromatic carbocycles. The average molecular weight is 754 g/mol. The lowest BCUT2D eigenvalue weighted by molar-refractivity contribution is -0.119. The SMILES string of the molecule is CC(C)(C)c1cc(CN(C(=O)CN(Cc2ccccc2F)S(=O)(=O)c2c(F)c(F)c(F)c(F)c2F)c2ccc(C(O)O)c(O)c2)cc(C(C)(C)C)n1. The van der Waals surface area contributed by atoms with Crippen molar-refractivity contribution < 1.29 is 54.9 Å². The van der Waals surface area contributed by atoms with Crippen molar-refractivity contribution >= 4 is 21.6 Å². The number of pyridine rings is 1. The van der Waals surface area contributed by atoms with Crippen LogP contribution in [0.25, 0.3) is 0 Å². The van der Waals surface area contributed by atoms with E-state index in [1.54, 1.807) is 12.1 Å². The number of aliphatic hydroxyl groups excluding tert-OH is 1. The number of nitrogens with zero attached hydrogens (tertiary/aromatic N) is 3. The quantitative estimate of drug-likeness (QED) is 0.0718. The van der Waals surface area contributed by atoms with E-state index in [0.717, 1.165) is 29.2 Å². The van der Waals surface area contributed by atoms with E-state index in [0.29, 0.717) is 17.0 Å². The smallest absolute Gasteiger partial charge is 0.249 e. The zero-order valence-corrected chi connectivity index (χ0v) is 29.8. The van der Waals surface area contributed by atoms with Gasteiger partial charge in [-0.15, -0.1) is 0 Å². The van der Waals surface area contributed by atoms with Gasteiger partial charge in [0.2, 0.25) is 21.7 Å². The molecule has 0 atom stereocenters. The second-order valence-corrected chi connectivity index (χ2v) is 16.0. The van der Waals surface area contributed by atoms with Crippen LogP contribution in [0.15, 0.2) is 59.5 Å². The Balaban J connectivity index is 1.92. The van der Waals surface area contributed by atoms with Crippen molar-refractivity contribution in [2.24, 2.45) is 0 Å². The van der Waals surface area contributed by atoms with Gasteiger partial charge in [-0.05, 0) is 35.9 Å². The molecule has 0 radical (unpaired) electrons. The van der Waals surface area contributed by atoms with E-state index < -0.39 is 97.3 Å². The van der Waals surface area contributed by atoms with Gasteiger partial charge in [-0.1, -0.05) is 59.7 Å². The minimum absolute atomic E-state index is 0.0679. The van der Waals surface area contributed by atoms with Crippen molar-refractivity contribution in [2.75, 3.05) is 11.4 Å². The minimum atomic E-state index is -5.80. The normalized spacial score (nSPS) is 12.5. The molecule has 0 aliphatic carbocycles. The van der Waals surface area contributed by atoms with Crippen LogP contribution in [0.5, 0.6) is 5.75 Å². The van der Waals surface area contributed by atoms with Gasteiger partial charge in [0.05, 0.1) is 13.1 Å². The Morgan fingerprint density at radius 1 is 0.769 bits per heavy atom. The largest absolute Gasteiger partial charge is 0.507 e. The number of carbonyl (C=O) groups excluding carboxylic acids is 1. The van der Waals surface area contributed by atoms with Crippen molar-refractivity contribution in [2.45, 2.75) is 76.6 Å². The number of halogens is 6. The van der Waals surface area contributed by atoms with Crippen LogP contribution in [0.2, 0.25) is 0 Å². The van der Waals surface area contributed by atoms with Gasteiger partial charge in [0.1, 0.15) is 11.6 Å². The number of aromatic hydroxyl groups is 1. The molecule has 0 aliphatic heterocycles. The molecule has 1 amide bonds. The third-order valence-electron chi connectivity index (χ3n) is 8.05. The van der Waals surface area contributed by atoms with E-state index in [1.165, 1.54) is 18.2 Å². The second-order valence-electron chi connectivity index (χ2n) is 14.1. The highest BCUT2D eigenvalue weighted by Crippen LogP contribution is 2.34. The zero-order chi connectivity index (χ0) is 39.1. The number of sulfonamides is 1. The summed E-state index contributed by atoms with van der Waals surface area (Å²) >= 11 is 0. The summed E-state index contributed by atoms with van der Waals surface area (Å²) in [6.45, 7) is 8.60. The molecule has 0 fully saturated rings. The van der Waals surface area contributed by atoms with Crippen molar-refractivity contribution in [1.29, 1.82) is 0 Å². The molecule has 0 unspecified atom stereocenters. The van der Waals surface area contributed by atoms with Gasteiger partial charge in [0.15, 0.2) is 34.5 Å². The predicted molar refractivity (Wildman–Crippen MR) is 178 cm³/mol. The summed E-state index contributed by atoms with van der Waals surface area (Å²) in [7, 11) is -5.80. The first-order chi connectivity index (χ1) is 23.9. The van der Waals surface area contributed by atoms with Crippen LogP contribution in [-0.2, 0) is 38.7 Å². The van der Waals surface area contributed by atoms with Crippen LogP contribution >= 0.6 is 0 Å². The summed E-state index contributed by atoms with van der Waals surface area (Å²) in [5.74, 6) is -16.0. The number of amides is 1. The van der Waals surface area contributed by atoms with Crippen molar-refractivity contribution in [3.8, 4) is 5.75 Å². The molecule has 0 saturated heterocycles. The van der Waals surface area contributed by atoms with Crippen LogP contribution in [-0.4, -0.2) is 45.5 Å². The first-order valence-corrected chi connectivity index (χ1v) is 17.2. The van der Waals surface area contributed by atoms with E-state index >= 15 is 0 Å². The molecule has 52 heavy (non-hydrogen) atoms. The summed E-state index contributed by atoms with van der Waals surface area (Å²) in [6, 6.07) is 11.2. The van der Waals surface area contributed by atoms with E-state index in [-0.39, 0.29) is 22.1 Å². The van der Waals surface area contributed by atoms with Crippen molar-refractivity contribution in [1.82, 2.24) is 9.29 Å². The maximum Gasteiger partial charge on any atom is 0.249 e. The minimum Gasteiger partial charge on any atom is -0.507 e. The molecule has 16 heteroatoms. The fraction of sp³-hybridized carbons (Fsp3) is 0.333. The number of phenolic OH excluding ortho intramolecular Hbond substituents is 1. The lowest BCUT2D eigenvalue weighted by Crippen LogP contribution is -2.43. The molecular weight excluding hydrogens is 716 g/mol. The molecule has 0 bridgehead atoms. The number of rotatable bonds is 10. The maximum atomic E-state index is 15.0. The first kappa shape index (κ1) is 40.3. The Bertz CT molecular complexity index is 2060. The van der Waals surface area contributed by atoms with Crippen molar-refractivity contribution in [3.63, 3.8) is 0 Å². The lowest BCUT2D eigenvalue weighted by Gasteiger charge is -2.30. The monoisotopic (exact) mass is 753 g/mol. The molecule has 4 aromatic rings. The van der Waals surface area contributed by atoms with Gasteiger partial charge in [-0.25, -0.2) is 34.8 Å². The van der Waals surface area contributed by atoms with E-state index in [2.05, 4.69) is 0 Å². The number of carbonyl (C=O) groups is 1. The number of aromatic nitrogens is 1. The van der Waals surface area contributed by atoms with E-state index in [1.807, 2.05) is 41.5 Å². The van der Waals surface area contributed by atoms with E-state index in [4.69, 9.17) is 4.98 Å². The molecular formula is C36H37F6N3O6S. The Morgan fingerprint density at radius 3 is 1.77 bits per heavy atom. The van der Waals surface area contributed by atoms with Gasteiger partial charge in [0, 0.05) is 51.6 Å². The highest BCUT2D eigenvalue weighted by molar-refractivity contribution is 7.89. The number of aliphatic hydroxyl groups is 2. The molecule has 0 aliphatic rings. The first-order valence-electron chi connectivity index (χ1n) is 15.7. The Hall–Kier alpha value is -4.51. The Kier molecular flexibility index (Phi) is 11.5. The fourth-order valence-corrected chi connectivity index (χ4v) is 6.57.